The van der Waals surface area contributed by atoms with Gasteiger partial charge in [-0.05, 0) is 54.4 Å². The number of amides is 1. The van der Waals surface area contributed by atoms with E-state index < -0.39 is 6.04 Å². The van der Waals surface area contributed by atoms with Crippen LogP contribution in [0.4, 0.5) is 0 Å². The Kier molecular flexibility index (Phi) is 4.75. The van der Waals surface area contributed by atoms with Crippen molar-refractivity contribution in [1.29, 1.82) is 0 Å². The van der Waals surface area contributed by atoms with Gasteiger partial charge in [-0.2, -0.15) is 0 Å². The molecule has 2 aromatic heterocycles. The highest BCUT2D eigenvalue weighted by Gasteiger charge is 2.42. The van der Waals surface area contributed by atoms with Gasteiger partial charge in [0.1, 0.15) is 11.3 Å². The second-order valence-corrected chi connectivity index (χ2v) is 7.36. The normalized spacial score (nSPS) is 15.3. The fraction of sp³-hybridized carbons (Fsp3) is 0.160. The average molecular weight is 412 g/mol. The summed E-state index contributed by atoms with van der Waals surface area (Å²) < 4.78 is 11.5. The predicted octanol–water partition coefficient (Wildman–Crippen LogP) is 4.33. The first-order chi connectivity index (χ1) is 15.2. The van der Waals surface area contributed by atoms with Gasteiger partial charge in [-0.1, -0.05) is 24.3 Å². The van der Waals surface area contributed by atoms with Crippen molar-refractivity contribution in [3.63, 3.8) is 0 Å². The van der Waals surface area contributed by atoms with Crippen LogP contribution in [0.3, 0.4) is 0 Å². The summed E-state index contributed by atoms with van der Waals surface area (Å²) in [6.07, 6.45) is 3.37. The third kappa shape index (κ3) is 3.26. The van der Waals surface area contributed by atoms with E-state index in [0.29, 0.717) is 29.7 Å². The van der Waals surface area contributed by atoms with Gasteiger partial charge < -0.3 is 14.1 Å². The predicted molar refractivity (Wildman–Crippen MR) is 116 cm³/mol. The van der Waals surface area contributed by atoms with E-state index >= 15 is 0 Å². The fourth-order valence-electron chi connectivity index (χ4n) is 4.07. The van der Waals surface area contributed by atoms with E-state index in [-0.39, 0.29) is 17.1 Å². The van der Waals surface area contributed by atoms with Crippen LogP contribution in [0.5, 0.6) is 5.75 Å². The number of para-hydroxylation sites is 1. The molecule has 1 atom stereocenters. The summed E-state index contributed by atoms with van der Waals surface area (Å²) in [5.74, 6) is 0.548. The number of benzene rings is 2. The number of hydrogen-bond donors (Lipinski definition) is 0. The molecule has 4 aromatic rings. The van der Waals surface area contributed by atoms with Crippen LogP contribution in [0.15, 0.2) is 82.3 Å². The Morgan fingerprint density at radius 1 is 1.00 bits per heavy atom. The Bertz CT molecular complexity index is 1310. The van der Waals surface area contributed by atoms with Gasteiger partial charge in [0.15, 0.2) is 5.43 Å². The topological polar surface area (TPSA) is 72.6 Å². The summed E-state index contributed by atoms with van der Waals surface area (Å²) >= 11 is 0. The van der Waals surface area contributed by atoms with Crippen LogP contribution >= 0.6 is 0 Å². The zero-order chi connectivity index (χ0) is 21.4. The molecule has 0 radical (unpaired) electrons. The largest absolute Gasteiger partial charge is 0.494 e. The van der Waals surface area contributed by atoms with Crippen LogP contribution in [-0.4, -0.2) is 22.4 Å². The summed E-state index contributed by atoms with van der Waals surface area (Å²) in [5.41, 5.74) is 2.36. The van der Waals surface area contributed by atoms with Crippen LogP contribution in [0.25, 0.3) is 11.0 Å². The number of ether oxygens (including phenoxy) is 1. The lowest BCUT2D eigenvalue weighted by atomic mass is 9.98. The van der Waals surface area contributed by atoms with Crippen molar-refractivity contribution in [2.75, 3.05) is 6.61 Å². The van der Waals surface area contributed by atoms with Crippen molar-refractivity contribution in [2.45, 2.75) is 19.5 Å². The quantitative estimate of drug-likeness (QED) is 0.488. The zero-order valence-corrected chi connectivity index (χ0v) is 16.9. The second-order valence-electron chi connectivity index (χ2n) is 7.36. The van der Waals surface area contributed by atoms with Crippen molar-refractivity contribution in [1.82, 2.24) is 9.88 Å². The standard InChI is InChI=1S/C25H20N2O4/c1-2-30-18-9-7-17(8-10-18)22-21-23(28)19-5-3-4-6-20(19)31-24(21)25(29)27(22)15-16-11-13-26-14-12-16/h3-14,22H,2,15H2,1H3/t22-/m0/s1. The average Bonchev–Trinajstić information content (AvgIpc) is 3.07. The smallest absolute Gasteiger partial charge is 0.291 e. The van der Waals surface area contributed by atoms with Crippen LogP contribution in [0.1, 0.15) is 40.2 Å². The molecular weight excluding hydrogens is 392 g/mol. The van der Waals surface area contributed by atoms with Gasteiger partial charge in [0, 0.05) is 18.9 Å². The summed E-state index contributed by atoms with van der Waals surface area (Å²) in [7, 11) is 0. The second kappa shape index (κ2) is 7.72. The minimum Gasteiger partial charge on any atom is -0.494 e. The van der Waals surface area contributed by atoms with Gasteiger partial charge >= 0.3 is 0 Å². The van der Waals surface area contributed by atoms with Crippen LogP contribution in [0, 0.1) is 0 Å². The van der Waals surface area contributed by atoms with E-state index in [4.69, 9.17) is 9.15 Å². The number of rotatable bonds is 5. The van der Waals surface area contributed by atoms with Crippen LogP contribution < -0.4 is 10.2 Å². The summed E-state index contributed by atoms with van der Waals surface area (Å²) in [5, 5.41) is 0.468. The highest BCUT2D eigenvalue weighted by Crippen LogP contribution is 2.39. The van der Waals surface area contributed by atoms with E-state index in [9.17, 15) is 9.59 Å². The molecule has 1 aliphatic rings. The molecule has 6 heteroatoms. The van der Waals surface area contributed by atoms with E-state index in [0.717, 1.165) is 16.9 Å². The highest BCUT2D eigenvalue weighted by atomic mass is 16.5. The molecule has 0 unspecified atom stereocenters. The minimum absolute atomic E-state index is 0.108. The lowest BCUT2D eigenvalue weighted by molar-refractivity contribution is 0.0714. The number of nitrogens with zero attached hydrogens (tertiary/aromatic N) is 2. The molecule has 1 amide bonds. The number of fused-ring (bicyclic) bond motifs is 2. The highest BCUT2D eigenvalue weighted by molar-refractivity contribution is 5.99. The summed E-state index contributed by atoms with van der Waals surface area (Å²) in [4.78, 5) is 32.6. The van der Waals surface area contributed by atoms with Crippen LogP contribution in [0.2, 0.25) is 0 Å². The van der Waals surface area contributed by atoms with Gasteiger partial charge in [0.25, 0.3) is 5.91 Å². The van der Waals surface area contributed by atoms with Crippen molar-refractivity contribution in [2.24, 2.45) is 0 Å². The maximum Gasteiger partial charge on any atom is 0.291 e. The summed E-state index contributed by atoms with van der Waals surface area (Å²) in [6, 6.07) is 17.7. The molecule has 0 aliphatic carbocycles. The molecule has 0 N–H and O–H groups in total. The lowest BCUT2D eigenvalue weighted by Gasteiger charge is -2.25. The van der Waals surface area contributed by atoms with E-state index in [1.165, 1.54) is 0 Å². The molecule has 0 saturated carbocycles. The molecule has 6 nitrogen and oxygen atoms in total. The SMILES string of the molecule is CCOc1ccc([C@H]2c3c(oc4ccccc4c3=O)C(=O)N2Cc2ccncc2)cc1. The molecule has 31 heavy (non-hydrogen) atoms. The van der Waals surface area contributed by atoms with Crippen molar-refractivity contribution in [3.05, 3.63) is 106 Å². The first-order valence-electron chi connectivity index (χ1n) is 10.2. The Morgan fingerprint density at radius 3 is 2.48 bits per heavy atom. The van der Waals surface area contributed by atoms with Crippen LogP contribution in [-0.2, 0) is 6.54 Å². The van der Waals surface area contributed by atoms with E-state index in [2.05, 4.69) is 4.98 Å². The Hall–Kier alpha value is -3.93. The molecule has 1 aliphatic heterocycles. The number of hydrogen-bond acceptors (Lipinski definition) is 5. The lowest BCUT2D eigenvalue weighted by Crippen LogP contribution is -2.29. The third-order valence-electron chi connectivity index (χ3n) is 5.48. The maximum absolute atomic E-state index is 13.4. The van der Waals surface area contributed by atoms with E-state index in [1.807, 2.05) is 43.3 Å². The Morgan fingerprint density at radius 2 is 1.74 bits per heavy atom. The number of carbonyl (C=O) groups is 1. The number of carbonyl (C=O) groups excluding carboxylic acids is 1. The number of aromatic nitrogens is 1. The van der Waals surface area contributed by atoms with Gasteiger partial charge in [0.05, 0.1) is 23.6 Å². The van der Waals surface area contributed by atoms with Gasteiger partial charge in [-0.3, -0.25) is 14.6 Å². The Balaban J connectivity index is 1.68. The Labute approximate surface area is 178 Å². The molecule has 0 spiro atoms. The fourth-order valence-corrected chi connectivity index (χ4v) is 4.07. The molecule has 154 valence electrons. The summed E-state index contributed by atoms with van der Waals surface area (Å²) in [6.45, 7) is 2.82. The van der Waals surface area contributed by atoms with Crippen molar-refractivity contribution < 1.29 is 13.9 Å². The molecule has 0 fully saturated rings. The molecule has 0 saturated heterocycles. The van der Waals surface area contributed by atoms with Crippen molar-refractivity contribution >= 4 is 16.9 Å². The molecule has 5 rings (SSSR count). The third-order valence-corrected chi connectivity index (χ3v) is 5.48. The van der Waals surface area contributed by atoms with Gasteiger partial charge in [0.2, 0.25) is 5.76 Å². The molecule has 0 bridgehead atoms. The van der Waals surface area contributed by atoms with Crippen molar-refractivity contribution in [3.8, 4) is 5.75 Å². The maximum atomic E-state index is 13.4. The monoisotopic (exact) mass is 412 g/mol. The molecule has 2 aromatic carbocycles. The molecular formula is C25H20N2O4. The first-order valence-corrected chi connectivity index (χ1v) is 10.2. The minimum atomic E-state index is -0.549. The first kappa shape index (κ1) is 19.1. The number of pyridine rings is 1. The van der Waals surface area contributed by atoms with Gasteiger partial charge in [-0.25, -0.2) is 0 Å². The van der Waals surface area contributed by atoms with E-state index in [1.54, 1.807) is 41.6 Å². The zero-order valence-electron chi connectivity index (χ0n) is 16.9. The van der Waals surface area contributed by atoms with Gasteiger partial charge in [-0.15, -0.1) is 0 Å². The molecule has 3 heterocycles.